The van der Waals surface area contributed by atoms with Crippen molar-refractivity contribution in [1.82, 2.24) is 15.0 Å². The molecule has 8 heteroatoms. The third-order valence-electron chi connectivity index (χ3n) is 4.19. The summed E-state index contributed by atoms with van der Waals surface area (Å²) in [6.07, 6.45) is 0. The maximum atomic E-state index is 13.7. The van der Waals surface area contributed by atoms with E-state index in [0.717, 1.165) is 30.0 Å². The first-order valence-corrected chi connectivity index (χ1v) is 8.51. The summed E-state index contributed by atoms with van der Waals surface area (Å²) in [7, 11) is 1.15. The van der Waals surface area contributed by atoms with Gasteiger partial charge in [-0.25, -0.2) is 9.18 Å². The van der Waals surface area contributed by atoms with Gasteiger partial charge >= 0.3 is 5.97 Å². The molecule has 28 heavy (non-hydrogen) atoms. The number of benzene rings is 2. The molecule has 1 heterocycles. The van der Waals surface area contributed by atoms with Crippen molar-refractivity contribution >= 4 is 17.6 Å². The molecule has 0 fully saturated rings. The number of halogens is 1. The van der Waals surface area contributed by atoms with Gasteiger partial charge in [0.1, 0.15) is 5.82 Å². The average Bonchev–Trinajstić information content (AvgIpc) is 3.04. The van der Waals surface area contributed by atoms with E-state index in [2.05, 4.69) is 20.3 Å². The summed E-state index contributed by atoms with van der Waals surface area (Å²) in [6, 6.07) is 9.47. The third-order valence-corrected chi connectivity index (χ3v) is 4.19. The molecule has 0 radical (unpaired) electrons. The van der Waals surface area contributed by atoms with Crippen molar-refractivity contribution in [2.75, 3.05) is 12.4 Å². The molecule has 0 bridgehead atoms. The molecule has 3 rings (SSSR count). The zero-order chi connectivity index (χ0) is 20.4. The Balaban J connectivity index is 1.88. The molecule has 0 aliphatic rings. The lowest BCUT2D eigenvalue weighted by molar-refractivity contribution is 0.0595. The molecule has 0 atom stereocenters. The van der Waals surface area contributed by atoms with Crippen LogP contribution in [0, 0.1) is 26.6 Å². The number of aromatic nitrogens is 3. The molecule has 0 aliphatic carbocycles. The van der Waals surface area contributed by atoms with Crippen LogP contribution in [0.15, 0.2) is 36.4 Å². The molecule has 0 saturated carbocycles. The van der Waals surface area contributed by atoms with Gasteiger partial charge < -0.3 is 10.1 Å². The molecule has 0 aliphatic heterocycles. The monoisotopic (exact) mass is 382 g/mol. The van der Waals surface area contributed by atoms with Gasteiger partial charge in [-0.2, -0.15) is 9.90 Å². The van der Waals surface area contributed by atoms with Gasteiger partial charge in [-0.05, 0) is 50.6 Å². The first-order valence-electron chi connectivity index (χ1n) is 8.51. The summed E-state index contributed by atoms with van der Waals surface area (Å²) in [6.45, 7) is 5.60. The van der Waals surface area contributed by atoms with Gasteiger partial charge in [-0.3, -0.25) is 4.79 Å². The summed E-state index contributed by atoms with van der Waals surface area (Å²) in [5.41, 5.74) is 3.39. The quantitative estimate of drug-likeness (QED) is 0.699. The van der Waals surface area contributed by atoms with Crippen molar-refractivity contribution in [3.8, 4) is 5.69 Å². The molecule has 2 aromatic carbocycles. The van der Waals surface area contributed by atoms with Gasteiger partial charge in [0, 0.05) is 5.69 Å². The van der Waals surface area contributed by atoms with Crippen molar-refractivity contribution in [2.24, 2.45) is 0 Å². The smallest absolute Gasteiger partial charge is 0.340 e. The van der Waals surface area contributed by atoms with E-state index < -0.39 is 17.7 Å². The number of nitrogens with one attached hydrogen (secondary N) is 1. The summed E-state index contributed by atoms with van der Waals surface area (Å²) in [5, 5.41) is 11.2. The van der Waals surface area contributed by atoms with Crippen molar-refractivity contribution in [3.05, 3.63) is 70.3 Å². The molecule has 0 saturated heterocycles. The SMILES string of the molecule is COC(=O)c1cc(NC(=O)c2nn(-c3ccc(C)cc3C)nc2C)ccc1F. The van der Waals surface area contributed by atoms with Crippen LogP contribution in [0.1, 0.15) is 37.7 Å². The highest BCUT2D eigenvalue weighted by molar-refractivity contribution is 6.04. The third kappa shape index (κ3) is 3.75. The van der Waals surface area contributed by atoms with Crippen molar-refractivity contribution in [1.29, 1.82) is 0 Å². The maximum Gasteiger partial charge on any atom is 0.340 e. The number of amides is 1. The second-order valence-corrected chi connectivity index (χ2v) is 6.35. The van der Waals surface area contributed by atoms with Crippen LogP contribution < -0.4 is 5.32 Å². The van der Waals surface area contributed by atoms with Crippen LogP contribution in [0.25, 0.3) is 5.69 Å². The molecule has 0 unspecified atom stereocenters. The van der Waals surface area contributed by atoms with Gasteiger partial charge in [0.2, 0.25) is 0 Å². The Kier molecular flexibility index (Phi) is 5.21. The van der Waals surface area contributed by atoms with Crippen molar-refractivity contribution in [3.63, 3.8) is 0 Å². The topological polar surface area (TPSA) is 86.1 Å². The van der Waals surface area contributed by atoms with E-state index >= 15 is 0 Å². The van der Waals surface area contributed by atoms with Crippen molar-refractivity contribution < 1.29 is 18.7 Å². The van der Waals surface area contributed by atoms with E-state index in [4.69, 9.17) is 0 Å². The number of rotatable bonds is 4. The fraction of sp³-hybridized carbons (Fsp3) is 0.200. The Bertz CT molecular complexity index is 1080. The Labute approximate surface area is 161 Å². The standard InChI is InChI=1S/C20H19FN4O3/c1-11-5-8-17(12(2)9-11)25-23-13(3)18(24-25)19(26)22-14-6-7-16(21)15(10-14)20(27)28-4/h5-10H,1-4H3,(H,22,26). The number of ether oxygens (including phenoxy) is 1. The van der Waals surface area contributed by atoms with Gasteiger partial charge in [0.15, 0.2) is 5.69 Å². The van der Waals surface area contributed by atoms with Crippen LogP contribution in [0.3, 0.4) is 0 Å². The fourth-order valence-corrected chi connectivity index (χ4v) is 2.79. The average molecular weight is 382 g/mol. The number of carbonyl (C=O) groups is 2. The number of anilines is 1. The van der Waals surface area contributed by atoms with Crippen LogP contribution in [0.4, 0.5) is 10.1 Å². The first-order chi connectivity index (χ1) is 13.3. The number of methoxy groups -OCH3 is 1. The molecule has 7 nitrogen and oxygen atoms in total. The van der Waals surface area contributed by atoms with E-state index in [0.29, 0.717) is 5.69 Å². The van der Waals surface area contributed by atoms with Crippen molar-refractivity contribution in [2.45, 2.75) is 20.8 Å². The molecule has 1 N–H and O–H groups in total. The van der Waals surface area contributed by atoms with Crippen LogP contribution >= 0.6 is 0 Å². The number of hydrogen-bond donors (Lipinski definition) is 1. The molecular formula is C20H19FN4O3. The predicted octanol–water partition coefficient (Wildman–Crippen LogP) is 3.37. The molecular weight excluding hydrogens is 363 g/mol. The highest BCUT2D eigenvalue weighted by Crippen LogP contribution is 2.18. The lowest BCUT2D eigenvalue weighted by Gasteiger charge is -2.07. The highest BCUT2D eigenvalue weighted by Gasteiger charge is 2.19. The van der Waals surface area contributed by atoms with Crippen LogP contribution in [0.5, 0.6) is 0 Å². The van der Waals surface area contributed by atoms with E-state index in [-0.39, 0.29) is 16.9 Å². The molecule has 1 amide bonds. The minimum Gasteiger partial charge on any atom is -0.465 e. The number of nitrogens with zero attached hydrogens (tertiary/aromatic N) is 3. The maximum absolute atomic E-state index is 13.7. The number of aryl methyl sites for hydroxylation is 3. The van der Waals surface area contributed by atoms with Crippen LogP contribution in [0.2, 0.25) is 0 Å². The largest absolute Gasteiger partial charge is 0.465 e. The minimum atomic E-state index is -0.828. The van der Waals surface area contributed by atoms with E-state index in [1.165, 1.54) is 16.9 Å². The van der Waals surface area contributed by atoms with E-state index in [1.807, 2.05) is 32.0 Å². The zero-order valence-electron chi connectivity index (χ0n) is 15.9. The zero-order valence-corrected chi connectivity index (χ0v) is 15.9. The fourth-order valence-electron chi connectivity index (χ4n) is 2.79. The normalized spacial score (nSPS) is 10.6. The first kappa shape index (κ1) is 19.2. The Hall–Kier alpha value is -3.55. The predicted molar refractivity (Wildman–Crippen MR) is 101 cm³/mol. The molecule has 3 aromatic rings. The van der Waals surface area contributed by atoms with E-state index in [9.17, 15) is 14.0 Å². The Morgan fingerprint density at radius 1 is 1.07 bits per heavy atom. The number of hydrogen-bond acceptors (Lipinski definition) is 5. The van der Waals surface area contributed by atoms with E-state index in [1.54, 1.807) is 6.92 Å². The summed E-state index contributed by atoms with van der Waals surface area (Å²) >= 11 is 0. The second kappa shape index (κ2) is 7.59. The molecule has 144 valence electrons. The van der Waals surface area contributed by atoms with Crippen LogP contribution in [-0.4, -0.2) is 34.0 Å². The number of esters is 1. The van der Waals surface area contributed by atoms with Gasteiger partial charge in [-0.1, -0.05) is 17.7 Å². The highest BCUT2D eigenvalue weighted by atomic mass is 19.1. The Morgan fingerprint density at radius 2 is 1.82 bits per heavy atom. The summed E-state index contributed by atoms with van der Waals surface area (Å²) in [4.78, 5) is 25.6. The lowest BCUT2D eigenvalue weighted by atomic mass is 10.1. The number of carbonyl (C=O) groups excluding carboxylic acids is 2. The molecule has 1 aromatic heterocycles. The summed E-state index contributed by atoms with van der Waals surface area (Å²) < 4.78 is 18.3. The molecule has 0 spiro atoms. The van der Waals surface area contributed by atoms with Crippen LogP contribution in [-0.2, 0) is 4.74 Å². The van der Waals surface area contributed by atoms with Gasteiger partial charge in [0.05, 0.1) is 24.1 Å². The lowest BCUT2D eigenvalue weighted by Crippen LogP contribution is -2.15. The van der Waals surface area contributed by atoms with Gasteiger partial charge in [0.25, 0.3) is 5.91 Å². The Morgan fingerprint density at radius 3 is 2.50 bits per heavy atom. The summed E-state index contributed by atoms with van der Waals surface area (Å²) in [5.74, 6) is -2.08. The second-order valence-electron chi connectivity index (χ2n) is 6.35. The minimum absolute atomic E-state index is 0.129. The van der Waals surface area contributed by atoms with Gasteiger partial charge in [-0.15, -0.1) is 5.10 Å².